The summed E-state index contributed by atoms with van der Waals surface area (Å²) in [6.07, 6.45) is -5.21. The van der Waals surface area contributed by atoms with E-state index in [0.717, 1.165) is 18.2 Å². The molecule has 0 radical (unpaired) electrons. The number of piperidine rings is 1. The number of nitrogens with two attached hydrogens (primary N) is 1. The fourth-order valence-electron chi connectivity index (χ4n) is 2.57. The van der Waals surface area contributed by atoms with E-state index in [1.54, 1.807) is 0 Å². The van der Waals surface area contributed by atoms with Gasteiger partial charge in [-0.3, -0.25) is 9.59 Å². The molecule has 0 aliphatic carbocycles. The van der Waals surface area contributed by atoms with Crippen LogP contribution in [0.4, 0.5) is 22.0 Å². The largest absolute Gasteiger partial charge is 0.393 e. The summed E-state index contributed by atoms with van der Waals surface area (Å²) in [4.78, 5) is 24.1. The molecule has 1 aliphatic heterocycles. The van der Waals surface area contributed by atoms with E-state index in [1.165, 1.54) is 0 Å². The number of hydrogen-bond donors (Lipinski definition) is 1. The van der Waals surface area contributed by atoms with Gasteiger partial charge in [0.05, 0.1) is 11.8 Å². The Kier molecular flexibility index (Phi) is 4.58. The second-order valence-electron chi connectivity index (χ2n) is 5.38. The maximum absolute atomic E-state index is 13.6. The summed E-state index contributed by atoms with van der Waals surface area (Å²) in [6, 6.07) is 2.68. The van der Waals surface area contributed by atoms with Crippen molar-refractivity contribution in [3.8, 4) is 0 Å². The van der Waals surface area contributed by atoms with E-state index >= 15 is 0 Å². The number of amides is 2. The van der Waals surface area contributed by atoms with Crippen LogP contribution in [0.25, 0.3) is 0 Å². The Hall–Kier alpha value is -2.19. The Balaban J connectivity index is 2.33. The number of carbonyl (C=O) groups is 2. The molecule has 23 heavy (non-hydrogen) atoms. The Morgan fingerprint density at radius 1 is 1.13 bits per heavy atom. The van der Waals surface area contributed by atoms with Gasteiger partial charge >= 0.3 is 6.18 Å². The average molecular weight is 336 g/mol. The average Bonchev–Trinajstić information content (AvgIpc) is 2.45. The van der Waals surface area contributed by atoms with Gasteiger partial charge in [-0.05, 0) is 18.6 Å². The van der Waals surface area contributed by atoms with Crippen LogP contribution in [0.1, 0.15) is 16.8 Å². The molecule has 0 bridgehead atoms. The first-order valence-corrected chi connectivity index (χ1v) is 6.70. The maximum atomic E-state index is 13.6. The number of likely N-dealkylation sites (tertiary alicyclic amines) is 1. The number of hydrogen-bond acceptors (Lipinski definition) is 2. The lowest BCUT2D eigenvalue weighted by Crippen LogP contribution is -2.51. The van der Waals surface area contributed by atoms with Crippen LogP contribution in [-0.2, 0) is 4.79 Å². The monoisotopic (exact) mass is 336 g/mol. The number of nitrogens with zero attached hydrogens (tertiary/aromatic N) is 1. The molecule has 1 fully saturated rings. The quantitative estimate of drug-likeness (QED) is 0.841. The number of benzene rings is 1. The third-order valence-corrected chi connectivity index (χ3v) is 3.78. The molecule has 2 amide bonds. The first kappa shape index (κ1) is 17.2. The third-order valence-electron chi connectivity index (χ3n) is 3.78. The number of halogens is 5. The first-order chi connectivity index (χ1) is 10.6. The highest BCUT2D eigenvalue weighted by Crippen LogP contribution is 2.36. The second kappa shape index (κ2) is 6.13. The topological polar surface area (TPSA) is 63.4 Å². The van der Waals surface area contributed by atoms with E-state index in [9.17, 15) is 31.5 Å². The molecule has 0 spiro atoms. The van der Waals surface area contributed by atoms with Gasteiger partial charge in [0, 0.05) is 13.1 Å². The molecule has 1 aliphatic rings. The van der Waals surface area contributed by atoms with E-state index in [-0.39, 0.29) is 0 Å². The predicted octanol–water partition coefficient (Wildman–Crippen LogP) is 2.09. The highest BCUT2D eigenvalue weighted by atomic mass is 19.4. The molecule has 9 heteroatoms. The van der Waals surface area contributed by atoms with Crippen molar-refractivity contribution in [1.82, 2.24) is 4.90 Å². The van der Waals surface area contributed by atoms with Crippen molar-refractivity contribution >= 4 is 11.8 Å². The fraction of sp³-hybridized carbons (Fsp3) is 0.429. The van der Waals surface area contributed by atoms with Crippen LogP contribution in [0.5, 0.6) is 0 Å². The molecule has 1 aromatic carbocycles. The maximum Gasteiger partial charge on any atom is 0.393 e. The van der Waals surface area contributed by atoms with Gasteiger partial charge in [0.25, 0.3) is 5.91 Å². The van der Waals surface area contributed by atoms with Crippen LogP contribution < -0.4 is 5.73 Å². The molecule has 1 saturated heterocycles. The molecular formula is C14H13F5N2O2. The van der Waals surface area contributed by atoms with Gasteiger partial charge in [-0.2, -0.15) is 13.2 Å². The number of primary amides is 1. The predicted molar refractivity (Wildman–Crippen MR) is 69.1 cm³/mol. The SMILES string of the molecule is NC(=O)C1CC(C(F)(F)F)CN(C(=O)c2c(F)cccc2F)C1. The molecule has 1 aromatic rings. The molecule has 2 rings (SSSR count). The summed E-state index contributed by atoms with van der Waals surface area (Å²) in [5.41, 5.74) is 4.10. The minimum Gasteiger partial charge on any atom is -0.369 e. The normalized spacial score (nSPS) is 22.0. The van der Waals surface area contributed by atoms with E-state index in [0.29, 0.717) is 4.90 Å². The number of carbonyl (C=O) groups excluding carboxylic acids is 2. The standard InChI is InChI=1S/C14H13F5N2O2/c15-9-2-1-3-10(16)11(9)13(23)21-5-7(12(20)22)4-8(6-21)14(17,18)19/h1-3,7-8H,4-6H2,(H2,20,22). The van der Waals surface area contributed by atoms with Crippen molar-refractivity contribution in [2.24, 2.45) is 17.6 Å². The minimum absolute atomic E-state index is 0.408. The highest BCUT2D eigenvalue weighted by molar-refractivity contribution is 5.95. The summed E-state index contributed by atoms with van der Waals surface area (Å²) < 4.78 is 66.1. The fourth-order valence-corrected chi connectivity index (χ4v) is 2.57. The molecule has 1 heterocycles. The van der Waals surface area contributed by atoms with Gasteiger partial charge in [0.1, 0.15) is 17.2 Å². The van der Waals surface area contributed by atoms with Gasteiger partial charge in [-0.25, -0.2) is 8.78 Å². The Morgan fingerprint density at radius 3 is 2.17 bits per heavy atom. The molecular weight excluding hydrogens is 323 g/mol. The molecule has 4 nitrogen and oxygen atoms in total. The van der Waals surface area contributed by atoms with Crippen LogP contribution in [0.15, 0.2) is 18.2 Å². The zero-order chi connectivity index (χ0) is 17.4. The lowest BCUT2D eigenvalue weighted by atomic mass is 9.88. The molecule has 2 N–H and O–H groups in total. The van der Waals surface area contributed by atoms with Crippen molar-refractivity contribution in [3.05, 3.63) is 35.4 Å². The summed E-state index contributed by atoms with van der Waals surface area (Å²) in [7, 11) is 0. The zero-order valence-electron chi connectivity index (χ0n) is 11.7. The zero-order valence-corrected chi connectivity index (χ0v) is 11.7. The van der Waals surface area contributed by atoms with Crippen LogP contribution in [0.2, 0.25) is 0 Å². The molecule has 0 saturated carbocycles. The van der Waals surface area contributed by atoms with Crippen LogP contribution in [-0.4, -0.2) is 36.0 Å². The van der Waals surface area contributed by atoms with E-state index < -0.39 is 66.5 Å². The first-order valence-electron chi connectivity index (χ1n) is 6.70. The summed E-state index contributed by atoms with van der Waals surface area (Å²) >= 11 is 0. The van der Waals surface area contributed by atoms with E-state index in [2.05, 4.69) is 0 Å². The van der Waals surface area contributed by atoms with Crippen LogP contribution in [0, 0.1) is 23.5 Å². The summed E-state index contributed by atoms with van der Waals surface area (Å²) in [5.74, 6) is -7.80. The smallest absolute Gasteiger partial charge is 0.369 e. The summed E-state index contributed by atoms with van der Waals surface area (Å²) in [5, 5.41) is 0. The Morgan fingerprint density at radius 2 is 1.70 bits per heavy atom. The minimum atomic E-state index is -4.65. The lowest BCUT2D eigenvalue weighted by molar-refractivity contribution is -0.189. The van der Waals surface area contributed by atoms with Crippen molar-refractivity contribution in [1.29, 1.82) is 0 Å². The third kappa shape index (κ3) is 3.59. The van der Waals surface area contributed by atoms with Gasteiger partial charge < -0.3 is 10.6 Å². The van der Waals surface area contributed by atoms with E-state index in [4.69, 9.17) is 5.73 Å². The van der Waals surface area contributed by atoms with Gasteiger partial charge in [-0.1, -0.05) is 6.07 Å². The molecule has 0 aromatic heterocycles. The molecule has 2 atom stereocenters. The van der Waals surface area contributed by atoms with Crippen molar-refractivity contribution in [2.45, 2.75) is 12.6 Å². The van der Waals surface area contributed by atoms with Crippen molar-refractivity contribution in [3.63, 3.8) is 0 Å². The van der Waals surface area contributed by atoms with Gasteiger partial charge in [0.15, 0.2) is 0 Å². The Labute approximate surface area is 128 Å². The van der Waals surface area contributed by atoms with Gasteiger partial charge in [0.2, 0.25) is 5.91 Å². The number of alkyl halides is 3. The van der Waals surface area contributed by atoms with Crippen LogP contribution in [0.3, 0.4) is 0 Å². The van der Waals surface area contributed by atoms with Gasteiger partial charge in [-0.15, -0.1) is 0 Å². The molecule has 2 unspecified atom stereocenters. The molecule has 126 valence electrons. The van der Waals surface area contributed by atoms with Crippen molar-refractivity contribution in [2.75, 3.05) is 13.1 Å². The van der Waals surface area contributed by atoms with Crippen LogP contribution >= 0.6 is 0 Å². The summed E-state index contributed by atoms with van der Waals surface area (Å²) in [6.45, 7) is -1.19. The van der Waals surface area contributed by atoms with E-state index in [1.807, 2.05) is 0 Å². The second-order valence-corrected chi connectivity index (χ2v) is 5.38. The Bertz CT molecular complexity index is 612. The highest BCUT2D eigenvalue weighted by Gasteiger charge is 2.47. The van der Waals surface area contributed by atoms with Crippen molar-refractivity contribution < 1.29 is 31.5 Å². The number of rotatable bonds is 2. The lowest BCUT2D eigenvalue weighted by Gasteiger charge is -2.37.